The van der Waals surface area contributed by atoms with Crippen molar-refractivity contribution in [1.82, 2.24) is 9.88 Å². The number of hydrogen-bond acceptors (Lipinski definition) is 3. The van der Waals surface area contributed by atoms with E-state index in [9.17, 15) is 0 Å². The summed E-state index contributed by atoms with van der Waals surface area (Å²) >= 11 is 3.38. The number of halogens is 1. The predicted octanol–water partition coefficient (Wildman–Crippen LogP) is 2.74. The SMILES string of the molecule is Brc1ccc(NCCN2CCCCC2)nc1. The average Bonchev–Trinajstić information content (AvgIpc) is 2.33. The Hall–Kier alpha value is -0.610. The van der Waals surface area contributed by atoms with Crippen molar-refractivity contribution >= 4 is 21.7 Å². The van der Waals surface area contributed by atoms with Crippen molar-refractivity contribution in [1.29, 1.82) is 0 Å². The summed E-state index contributed by atoms with van der Waals surface area (Å²) in [4.78, 5) is 6.81. The first-order chi connectivity index (χ1) is 7.84. The van der Waals surface area contributed by atoms with E-state index in [0.717, 1.165) is 23.4 Å². The van der Waals surface area contributed by atoms with E-state index in [2.05, 4.69) is 31.1 Å². The Kier molecular flexibility index (Phi) is 4.60. The zero-order valence-electron chi connectivity index (χ0n) is 9.45. The van der Waals surface area contributed by atoms with E-state index < -0.39 is 0 Å². The predicted molar refractivity (Wildman–Crippen MR) is 70.7 cm³/mol. The Bertz CT molecular complexity index is 307. The topological polar surface area (TPSA) is 28.2 Å². The van der Waals surface area contributed by atoms with Crippen molar-refractivity contribution in [3.8, 4) is 0 Å². The van der Waals surface area contributed by atoms with Gasteiger partial charge in [0.1, 0.15) is 5.82 Å². The minimum absolute atomic E-state index is 0.959. The molecule has 0 amide bonds. The van der Waals surface area contributed by atoms with Gasteiger partial charge in [-0.15, -0.1) is 0 Å². The highest BCUT2D eigenvalue weighted by Gasteiger charge is 2.08. The summed E-state index contributed by atoms with van der Waals surface area (Å²) < 4.78 is 1.02. The van der Waals surface area contributed by atoms with Crippen molar-refractivity contribution in [3.63, 3.8) is 0 Å². The molecule has 1 saturated heterocycles. The molecule has 0 radical (unpaired) electrons. The molecule has 2 heterocycles. The molecule has 0 spiro atoms. The number of likely N-dealkylation sites (tertiary alicyclic amines) is 1. The van der Waals surface area contributed by atoms with Gasteiger partial charge in [-0.2, -0.15) is 0 Å². The summed E-state index contributed by atoms with van der Waals surface area (Å²) in [6.45, 7) is 4.62. The molecule has 4 heteroatoms. The molecule has 1 aliphatic rings. The smallest absolute Gasteiger partial charge is 0.126 e. The van der Waals surface area contributed by atoms with Gasteiger partial charge in [0.05, 0.1) is 0 Å². The number of nitrogens with one attached hydrogen (secondary N) is 1. The zero-order valence-corrected chi connectivity index (χ0v) is 11.0. The Balaban J connectivity index is 1.69. The van der Waals surface area contributed by atoms with Crippen LogP contribution >= 0.6 is 15.9 Å². The number of nitrogens with zero attached hydrogens (tertiary/aromatic N) is 2. The summed E-state index contributed by atoms with van der Waals surface area (Å²) in [5.41, 5.74) is 0. The van der Waals surface area contributed by atoms with Gasteiger partial charge in [-0.25, -0.2) is 4.98 Å². The molecule has 0 atom stereocenters. The third kappa shape index (κ3) is 3.76. The molecule has 3 nitrogen and oxygen atoms in total. The molecule has 0 saturated carbocycles. The third-order valence-electron chi connectivity index (χ3n) is 2.91. The quantitative estimate of drug-likeness (QED) is 0.921. The summed E-state index contributed by atoms with van der Waals surface area (Å²) in [5, 5.41) is 3.35. The second-order valence-corrected chi connectivity index (χ2v) is 5.11. The van der Waals surface area contributed by atoms with Crippen LogP contribution in [0.3, 0.4) is 0 Å². The highest BCUT2D eigenvalue weighted by Crippen LogP contribution is 2.11. The summed E-state index contributed by atoms with van der Waals surface area (Å²) in [5.74, 6) is 0.959. The minimum Gasteiger partial charge on any atom is -0.369 e. The first kappa shape index (κ1) is 11.9. The van der Waals surface area contributed by atoms with Crippen LogP contribution in [0.1, 0.15) is 19.3 Å². The fourth-order valence-corrected chi connectivity index (χ4v) is 2.24. The zero-order chi connectivity index (χ0) is 11.2. The van der Waals surface area contributed by atoms with E-state index in [0.29, 0.717) is 0 Å². The molecule has 1 N–H and O–H groups in total. The number of piperidine rings is 1. The lowest BCUT2D eigenvalue weighted by molar-refractivity contribution is 0.237. The molecule has 1 aliphatic heterocycles. The van der Waals surface area contributed by atoms with Crippen LogP contribution in [-0.2, 0) is 0 Å². The fourth-order valence-electron chi connectivity index (χ4n) is 2.01. The normalized spacial score (nSPS) is 17.3. The van der Waals surface area contributed by atoms with Crippen LogP contribution in [0.5, 0.6) is 0 Å². The molecular weight excluding hydrogens is 266 g/mol. The molecule has 0 aliphatic carbocycles. The van der Waals surface area contributed by atoms with Gasteiger partial charge >= 0.3 is 0 Å². The van der Waals surface area contributed by atoms with Crippen LogP contribution < -0.4 is 5.32 Å². The molecule has 1 aromatic rings. The standard InChI is InChI=1S/C12H18BrN3/c13-11-4-5-12(15-10-11)14-6-9-16-7-2-1-3-8-16/h4-5,10H,1-3,6-9H2,(H,14,15). The van der Waals surface area contributed by atoms with Crippen molar-refractivity contribution in [2.75, 3.05) is 31.5 Å². The Morgan fingerprint density at radius 1 is 1.25 bits per heavy atom. The fraction of sp³-hybridized carbons (Fsp3) is 0.583. The van der Waals surface area contributed by atoms with E-state index in [-0.39, 0.29) is 0 Å². The Morgan fingerprint density at radius 2 is 2.06 bits per heavy atom. The molecule has 16 heavy (non-hydrogen) atoms. The number of pyridine rings is 1. The first-order valence-corrected chi connectivity index (χ1v) is 6.72. The maximum atomic E-state index is 4.28. The lowest BCUT2D eigenvalue weighted by Crippen LogP contribution is -2.33. The van der Waals surface area contributed by atoms with Crippen LogP contribution in [0.4, 0.5) is 5.82 Å². The van der Waals surface area contributed by atoms with Gasteiger partial charge in [0.2, 0.25) is 0 Å². The molecule has 1 aromatic heterocycles. The largest absolute Gasteiger partial charge is 0.369 e. The van der Waals surface area contributed by atoms with E-state index >= 15 is 0 Å². The van der Waals surface area contributed by atoms with Crippen molar-refractivity contribution < 1.29 is 0 Å². The van der Waals surface area contributed by atoms with Gasteiger partial charge in [-0.3, -0.25) is 0 Å². The molecule has 0 aromatic carbocycles. The molecule has 2 rings (SSSR count). The van der Waals surface area contributed by atoms with Gasteiger partial charge in [-0.05, 0) is 54.0 Å². The van der Waals surface area contributed by atoms with Gasteiger partial charge in [0.15, 0.2) is 0 Å². The van der Waals surface area contributed by atoms with Gasteiger partial charge in [0, 0.05) is 23.8 Å². The maximum Gasteiger partial charge on any atom is 0.126 e. The second kappa shape index (κ2) is 6.21. The molecule has 1 fully saturated rings. The van der Waals surface area contributed by atoms with Crippen molar-refractivity contribution in [2.24, 2.45) is 0 Å². The van der Waals surface area contributed by atoms with E-state index in [1.54, 1.807) is 0 Å². The molecular formula is C12H18BrN3. The third-order valence-corrected chi connectivity index (χ3v) is 3.38. The minimum atomic E-state index is 0.959. The highest BCUT2D eigenvalue weighted by atomic mass is 79.9. The van der Waals surface area contributed by atoms with Crippen LogP contribution in [-0.4, -0.2) is 36.1 Å². The Morgan fingerprint density at radius 3 is 2.75 bits per heavy atom. The lowest BCUT2D eigenvalue weighted by atomic mass is 10.1. The number of anilines is 1. The highest BCUT2D eigenvalue weighted by molar-refractivity contribution is 9.10. The van der Waals surface area contributed by atoms with Crippen LogP contribution in [0.25, 0.3) is 0 Å². The number of aromatic nitrogens is 1. The van der Waals surface area contributed by atoms with Gasteiger partial charge in [-0.1, -0.05) is 6.42 Å². The van der Waals surface area contributed by atoms with E-state index in [4.69, 9.17) is 0 Å². The molecule has 88 valence electrons. The van der Waals surface area contributed by atoms with E-state index in [1.165, 1.54) is 32.4 Å². The van der Waals surface area contributed by atoms with Gasteiger partial charge in [0.25, 0.3) is 0 Å². The second-order valence-electron chi connectivity index (χ2n) is 4.19. The summed E-state index contributed by atoms with van der Waals surface area (Å²) in [7, 11) is 0. The van der Waals surface area contributed by atoms with Crippen LogP contribution in [0.15, 0.2) is 22.8 Å². The Labute approximate surface area is 105 Å². The van der Waals surface area contributed by atoms with Crippen molar-refractivity contribution in [3.05, 3.63) is 22.8 Å². The first-order valence-electron chi connectivity index (χ1n) is 5.92. The monoisotopic (exact) mass is 283 g/mol. The lowest BCUT2D eigenvalue weighted by Gasteiger charge is -2.26. The molecule has 0 unspecified atom stereocenters. The summed E-state index contributed by atoms with van der Waals surface area (Å²) in [6, 6.07) is 4.01. The average molecular weight is 284 g/mol. The van der Waals surface area contributed by atoms with Crippen LogP contribution in [0.2, 0.25) is 0 Å². The maximum absolute atomic E-state index is 4.28. The van der Waals surface area contributed by atoms with E-state index in [1.807, 2.05) is 18.3 Å². The molecule has 0 bridgehead atoms. The van der Waals surface area contributed by atoms with Gasteiger partial charge < -0.3 is 10.2 Å². The van der Waals surface area contributed by atoms with Crippen molar-refractivity contribution in [2.45, 2.75) is 19.3 Å². The van der Waals surface area contributed by atoms with Crippen LogP contribution in [0, 0.1) is 0 Å². The number of rotatable bonds is 4. The summed E-state index contributed by atoms with van der Waals surface area (Å²) in [6.07, 6.45) is 5.94. The number of hydrogen-bond donors (Lipinski definition) is 1.